The Morgan fingerprint density at radius 3 is 2.75 bits per heavy atom. The van der Waals surface area contributed by atoms with Crippen molar-refractivity contribution in [1.82, 2.24) is 4.90 Å². The number of allylic oxidation sites excluding steroid dienone is 3. The van der Waals surface area contributed by atoms with Crippen LogP contribution in [-0.2, 0) is 4.79 Å². The van der Waals surface area contributed by atoms with Gasteiger partial charge in [0, 0.05) is 19.0 Å². The second kappa shape index (κ2) is 6.92. The summed E-state index contributed by atoms with van der Waals surface area (Å²) in [5.41, 5.74) is 1.51. The van der Waals surface area contributed by atoms with E-state index in [9.17, 15) is 4.79 Å². The lowest BCUT2D eigenvalue weighted by molar-refractivity contribution is -0.131. The normalized spacial score (nSPS) is 26.4. The second-order valence-corrected chi connectivity index (χ2v) is 6.31. The molecular formula is C18H27NO. The van der Waals surface area contributed by atoms with E-state index in [0.717, 1.165) is 19.4 Å². The van der Waals surface area contributed by atoms with Crippen LogP contribution in [0.3, 0.4) is 0 Å². The molecule has 2 unspecified atom stereocenters. The maximum atomic E-state index is 12.1. The van der Waals surface area contributed by atoms with Gasteiger partial charge in [0.1, 0.15) is 0 Å². The Morgan fingerprint density at radius 1 is 1.40 bits per heavy atom. The van der Waals surface area contributed by atoms with E-state index in [1.54, 1.807) is 0 Å². The summed E-state index contributed by atoms with van der Waals surface area (Å²) < 4.78 is 0. The lowest BCUT2D eigenvalue weighted by Gasteiger charge is -2.25. The summed E-state index contributed by atoms with van der Waals surface area (Å²) in [6.07, 6.45) is 13.3. The van der Waals surface area contributed by atoms with E-state index in [2.05, 4.69) is 38.7 Å². The second-order valence-electron chi connectivity index (χ2n) is 6.31. The van der Waals surface area contributed by atoms with Gasteiger partial charge in [0.2, 0.25) is 5.91 Å². The molecule has 2 aliphatic carbocycles. The molecule has 2 nitrogen and oxygen atoms in total. The van der Waals surface area contributed by atoms with Crippen LogP contribution in [0.15, 0.2) is 36.5 Å². The first-order chi connectivity index (χ1) is 9.61. The number of carbonyl (C=O) groups excluding carboxylic acids is 1. The van der Waals surface area contributed by atoms with Crippen molar-refractivity contribution in [2.45, 2.75) is 39.5 Å². The van der Waals surface area contributed by atoms with Crippen LogP contribution in [0.1, 0.15) is 39.5 Å². The van der Waals surface area contributed by atoms with Gasteiger partial charge in [-0.3, -0.25) is 4.79 Å². The fraction of sp³-hybridized carbons (Fsp3) is 0.611. The number of hydrogen-bond acceptors (Lipinski definition) is 1. The first kappa shape index (κ1) is 15.1. The highest BCUT2D eigenvalue weighted by Gasteiger charge is 2.32. The van der Waals surface area contributed by atoms with Gasteiger partial charge in [0.05, 0.1) is 0 Å². The van der Waals surface area contributed by atoms with Crippen molar-refractivity contribution in [1.29, 1.82) is 0 Å². The number of nitrogens with zero attached hydrogens (tertiary/aromatic N) is 1. The van der Waals surface area contributed by atoms with Crippen LogP contribution in [-0.4, -0.2) is 23.9 Å². The van der Waals surface area contributed by atoms with Crippen molar-refractivity contribution >= 4 is 5.91 Å². The molecule has 0 aliphatic heterocycles. The standard InChI is InChI=1S/C18H27NO/c1-4-11-19(18(20)17-9-10-17)12-5-6-16-8-7-14(2)13-15(16)3/h4-6,13,15-17H,1,7-12H2,2-3H3/b6-5-. The molecule has 0 heterocycles. The first-order valence-corrected chi connectivity index (χ1v) is 7.85. The zero-order chi connectivity index (χ0) is 14.5. The molecule has 1 amide bonds. The Balaban J connectivity index is 1.86. The fourth-order valence-electron chi connectivity index (χ4n) is 2.95. The topological polar surface area (TPSA) is 20.3 Å². The molecule has 0 saturated heterocycles. The van der Waals surface area contributed by atoms with Gasteiger partial charge >= 0.3 is 0 Å². The average Bonchev–Trinajstić information content (AvgIpc) is 3.23. The van der Waals surface area contributed by atoms with E-state index in [1.165, 1.54) is 18.4 Å². The molecular weight excluding hydrogens is 246 g/mol. The van der Waals surface area contributed by atoms with Gasteiger partial charge in [-0.2, -0.15) is 0 Å². The van der Waals surface area contributed by atoms with Crippen LogP contribution in [0.2, 0.25) is 0 Å². The van der Waals surface area contributed by atoms with Crippen molar-refractivity contribution in [3.05, 3.63) is 36.5 Å². The molecule has 1 fully saturated rings. The van der Waals surface area contributed by atoms with E-state index < -0.39 is 0 Å². The van der Waals surface area contributed by atoms with E-state index in [4.69, 9.17) is 0 Å². The van der Waals surface area contributed by atoms with Crippen LogP contribution in [0.5, 0.6) is 0 Å². The maximum Gasteiger partial charge on any atom is 0.226 e. The zero-order valence-corrected chi connectivity index (χ0v) is 12.8. The predicted molar refractivity (Wildman–Crippen MR) is 84.3 cm³/mol. The van der Waals surface area contributed by atoms with Crippen LogP contribution in [0, 0.1) is 17.8 Å². The maximum absolute atomic E-state index is 12.1. The molecule has 2 aliphatic rings. The molecule has 2 heteroatoms. The highest BCUT2D eigenvalue weighted by Crippen LogP contribution is 2.31. The molecule has 20 heavy (non-hydrogen) atoms. The fourth-order valence-corrected chi connectivity index (χ4v) is 2.95. The Labute approximate surface area is 123 Å². The first-order valence-electron chi connectivity index (χ1n) is 7.85. The third-order valence-electron chi connectivity index (χ3n) is 4.39. The molecule has 0 N–H and O–H groups in total. The number of amides is 1. The number of carbonyl (C=O) groups is 1. The summed E-state index contributed by atoms with van der Waals surface area (Å²) in [6.45, 7) is 9.66. The van der Waals surface area contributed by atoms with E-state index >= 15 is 0 Å². The smallest absolute Gasteiger partial charge is 0.226 e. The molecule has 0 aromatic carbocycles. The Hall–Kier alpha value is -1.31. The molecule has 0 spiro atoms. The molecule has 0 bridgehead atoms. The van der Waals surface area contributed by atoms with Crippen molar-refractivity contribution in [2.24, 2.45) is 17.8 Å². The van der Waals surface area contributed by atoms with E-state index in [-0.39, 0.29) is 0 Å². The minimum atomic E-state index is 0.294. The molecule has 1 saturated carbocycles. The van der Waals surface area contributed by atoms with Gasteiger partial charge in [-0.25, -0.2) is 0 Å². The SMILES string of the molecule is C=CCN(C/C=C\C1CCC(C)=CC1C)C(=O)C1CC1. The van der Waals surface area contributed by atoms with Gasteiger partial charge in [-0.15, -0.1) is 6.58 Å². The van der Waals surface area contributed by atoms with E-state index in [1.807, 2.05) is 11.0 Å². The summed E-state index contributed by atoms with van der Waals surface area (Å²) in [4.78, 5) is 14.0. The third-order valence-corrected chi connectivity index (χ3v) is 4.39. The minimum absolute atomic E-state index is 0.294. The molecule has 110 valence electrons. The monoisotopic (exact) mass is 273 g/mol. The van der Waals surface area contributed by atoms with Gasteiger partial charge < -0.3 is 4.90 Å². The Morgan fingerprint density at radius 2 is 2.15 bits per heavy atom. The van der Waals surface area contributed by atoms with E-state index in [0.29, 0.717) is 30.2 Å². The van der Waals surface area contributed by atoms with Crippen molar-refractivity contribution in [2.75, 3.05) is 13.1 Å². The Kier molecular flexibility index (Phi) is 5.22. The molecule has 2 atom stereocenters. The third kappa shape index (κ3) is 4.09. The molecule has 0 radical (unpaired) electrons. The quantitative estimate of drug-likeness (QED) is 0.671. The summed E-state index contributed by atoms with van der Waals surface area (Å²) in [5, 5.41) is 0. The summed E-state index contributed by atoms with van der Waals surface area (Å²) >= 11 is 0. The largest absolute Gasteiger partial charge is 0.335 e. The average molecular weight is 273 g/mol. The van der Waals surface area contributed by atoms with Gasteiger partial charge in [0.15, 0.2) is 0 Å². The van der Waals surface area contributed by atoms with Crippen molar-refractivity contribution in [3.63, 3.8) is 0 Å². The minimum Gasteiger partial charge on any atom is -0.335 e. The van der Waals surface area contributed by atoms with Crippen LogP contribution in [0.4, 0.5) is 0 Å². The highest BCUT2D eigenvalue weighted by atomic mass is 16.2. The lowest BCUT2D eigenvalue weighted by atomic mass is 9.82. The van der Waals surface area contributed by atoms with Gasteiger partial charge in [0.25, 0.3) is 0 Å². The van der Waals surface area contributed by atoms with Gasteiger partial charge in [-0.05, 0) is 44.4 Å². The van der Waals surface area contributed by atoms with Crippen molar-refractivity contribution < 1.29 is 4.79 Å². The number of rotatable bonds is 6. The predicted octanol–water partition coefficient (Wildman–Crippen LogP) is 3.96. The van der Waals surface area contributed by atoms with Gasteiger partial charge in [-0.1, -0.05) is 36.8 Å². The Bertz CT molecular complexity index is 417. The lowest BCUT2D eigenvalue weighted by Crippen LogP contribution is -2.32. The zero-order valence-electron chi connectivity index (χ0n) is 12.8. The number of hydrogen-bond donors (Lipinski definition) is 0. The molecule has 0 aromatic heterocycles. The summed E-state index contributed by atoms with van der Waals surface area (Å²) in [6, 6.07) is 0. The van der Waals surface area contributed by atoms with Crippen LogP contribution >= 0.6 is 0 Å². The van der Waals surface area contributed by atoms with Crippen LogP contribution < -0.4 is 0 Å². The molecule has 2 rings (SSSR count). The molecule has 0 aromatic rings. The summed E-state index contributed by atoms with van der Waals surface area (Å²) in [5.74, 6) is 1.84. The highest BCUT2D eigenvalue weighted by molar-refractivity contribution is 5.81. The van der Waals surface area contributed by atoms with Crippen LogP contribution in [0.25, 0.3) is 0 Å². The van der Waals surface area contributed by atoms with Crippen molar-refractivity contribution in [3.8, 4) is 0 Å². The summed E-state index contributed by atoms with van der Waals surface area (Å²) in [7, 11) is 0.